The van der Waals surface area contributed by atoms with Crippen molar-refractivity contribution in [3.8, 4) is 0 Å². The van der Waals surface area contributed by atoms with Gasteiger partial charge in [0.15, 0.2) is 5.78 Å². The molecule has 98 valence electrons. The number of hydrogen-bond acceptors (Lipinski definition) is 2. The molecule has 3 aromatic carbocycles. The molecule has 0 heterocycles. The average Bonchev–Trinajstić information content (AvgIpc) is 2.45. The summed E-state index contributed by atoms with van der Waals surface area (Å²) in [5.74, 6) is -0.735. The second-order valence-electron chi connectivity index (χ2n) is 4.63. The predicted molar refractivity (Wildman–Crippen MR) is 78.2 cm³/mol. The quantitative estimate of drug-likeness (QED) is 0.566. The maximum Gasteiger partial charge on any atom is 0.193 e. The second-order valence-corrected chi connectivity index (χ2v) is 4.63. The van der Waals surface area contributed by atoms with Crippen molar-refractivity contribution in [2.75, 3.05) is 5.73 Å². The molecule has 0 saturated heterocycles. The summed E-state index contributed by atoms with van der Waals surface area (Å²) in [6, 6.07) is 17.0. The van der Waals surface area contributed by atoms with Gasteiger partial charge >= 0.3 is 0 Å². The Bertz CT molecular complexity index is 785. The molecule has 0 aliphatic carbocycles. The number of fused-ring (bicyclic) bond motifs is 1. The molecule has 0 aromatic heterocycles. The van der Waals surface area contributed by atoms with E-state index in [1.165, 1.54) is 18.2 Å². The highest BCUT2D eigenvalue weighted by molar-refractivity contribution is 6.16. The molecule has 3 aromatic rings. The van der Waals surface area contributed by atoms with Gasteiger partial charge in [-0.3, -0.25) is 4.79 Å². The first-order valence-corrected chi connectivity index (χ1v) is 6.24. The van der Waals surface area contributed by atoms with Crippen molar-refractivity contribution in [3.05, 3.63) is 77.6 Å². The van der Waals surface area contributed by atoms with Gasteiger partial charge in [-0.1, -0.05) is 42.5 Å². The van der Waals surface area contributed by atoms with Crippen LogP contribution in [0.4, 0.5) is 10.1 Å². The fourth-order valence-electron chi connectivity index (χ4n) is 2.32. The molecule has 20 heavy (non-hydrogen) atoms. The van der Waals surface area contributed by atoms with Crippen molar-refractivity contribution in [1.29, 1.82) is 0 Å². The molecule has 0 spiro atoms. The highest BCUT2D eigenvalue weighted by Gasteiger charge is 2.13. The zero-order valence-electron chi connectivity index (χ0n) is 10.6. The van der Waals surface area contributed by atoms with Gasteiger partial charge in [0.1, 0.15) is 5.82 Å². The van der Waals surface area contributed by atoms with Gasteiger partial charge in [-0.05, 0) is 29.0 Å². The van der Waals surface area contributed by atoms with E-state index in [1.54, 1.807) is 6.07 Å². The molecule has 0 amide bonds. The third-order valence-corrected chi connectivity index (χ3v) is 3.22. The summed E-state index contributed by atoms with van der Waals surface area (Å²) in [4.78, 5) is 12.5. The molecule has 0 saturated carbocycles. The summed E-state index contributed by atoms with van der Waals surface area (Å²) in [5, 5.41) is 1.82. The van der Waals surface area contributed by atoms with Gasteiger partial charge in [-0.2, -0.15) is 0 Å². The number of rotatable bonds is 2. The summed E-state index contributed by atoms with van der Waals surface area (Å²) in [6.07, 6.45) is 0. The van der Waals surface area contributed by atoms with Crippen LogP contribution in [0.15, 0.2) is 60.7 Å². The van der Waals surface area contributed by atoms with E-state index in [4.69, 9.17) is 5.73 Å². The van der Waals surface area contributed by atoms with Gasteiger partial charge < -0.3 is 5.73 Å². The molecule has 0 aliphatic rings. The lowest BCUT2D eigenvalue weighted by atomic mass is 9.97. The fraction of sp³-hybridized carbons (Fsp3) is 0. The second kappa shape index (κ2) is 4.78. The fourth-order valence-corrected chi connectivity index (χ4v) is 2.32. The Morgan fingerprint density at radius 3 is 2.50 bits per heavy atom. The predicted octanol–water partition coefficient (Wildman–Crippen LogP) is 3.79. The van der Waals surface area contributed by atoms with Crippen LogP contribution in [0, 0.1) is 5.82 Å². The lowest BCUT2D eigenvalue weighted by Gasteiger charge is -2.07. The molecular formula is C17H12FNO. The monoisotopic (exact) mass is 265 g/mol. The molecule has 0 unspecified atom stereocenters. The number of halogens is 1. The number of carbonyl (C=O) groups excluding carboxylic acids is 1. The van der Waals surface area contributed by atoms with Crippen molar-refractivity contribution in [3.63, 3.8) is 0 Å². The number of ketones is 1. The van der Waals surface area contributed by atoms with E-state index in [2.05, 4.69) is 0 Å². The van der Waals surface area contributed by atoms with Crippen LogP contribution in [0.5, 0.6) is 0 Å². The van der Waals surface area contributed by atoms with Crippen LogP contribution in [0.2, 0.25) is 0 Å². The van der Waals surface area contributed by atoms with Gasteiger partial charge in [0.2, 0.25) is 0 Å². The van der Waals surface area contributed by atoms with Crippen molar-refractivity contribution in [2.45, 2.75) is 0 Å². The van der Waals surface area contributed by atoms with E-state index < -0.39 is 5.82 Å². The minimum absolute atomic E-state index is 0.229. The summed E-state index contributed by atoms with van der Waals surface area (Å²) in [7, 11) is 0. The minimum atomic E-state index is -0.506. The minimum Gasteiger partial charge on any atom is -0.399 e. The zero-order chi connectivity index (χ0) is 14.1. The lowest BCUT2D eigenvalue weighted by molar-refractivity contribution is 0.104. The van der Waals surface area contributed by atoms with E-state index in [9.17, 15) is 9.18 Å². The first-order chi connectivity index (χ1) is 9.65. The van der Waals surface area contributed by atoms with Crippen molar-refractivity contribution in [1.82, 2.24) is 0 Å². The number of nitrogens with two attached hydrogens (primary N) is 1. The molecule has 0 fully saturated rings. The van der Waals surface area contributed by atoms with E-state index in [1.807, 2.05) is 36.4 Å². The highest BCUT2D eigenvalue weighted by atomic mass is 19.1. The van der Waals surface area contributed by atoms with Gasteiger partial charge in [-0.15, -0.1) is 0 Å². The number of hydrogen-bond donors (Lipinski definition) is 1. The molecular weight excluding hydrogens is 253 g/mol. The van der Waals surface area contributed by atoms with Crippen LogP contribution in [0.25, 0.3) is 10.8 Å². The normalized spacial score (nSPS) is 10.7. The van der Waals surface area contributed by atoms with Gasteiger partial charge in [-0.25, -0.2) is 4.39 Å². The van der Waals surface area contributed by atoms with Gasteiger partial charge in [0.25, 0.3) is 0 Å². The number of nitrogen functional groups attached to an aromatic ring is 1. The van der Waals surface area contributed by atoms with Crippen molar-refractivity contribution in [2.24, 2.45) is 0 Å². The molecule has 3 rings (SSSR count). The van der Waals surface area contributed by atoms with Crippen LogP contribution in [0.1, 0.15) is 15.9 Å². The van der Waals surface area contributed by atoms with Crippen LogP contribution in [0.3, 0.4) is 0 Å². The topological polar surface area (TPSA) is 43.1 Å². The number of carbonyl (C=O) groups is 1. The average molecular weight is 265 g/mol. The van der Waals surface area contributed by atoms with Crippen LogP contribution in [-0.4, -0.2) is 5.78 Å². The van der Waals surface area contributed by atoms with Gasteiger partial charge in [0.05, 0.1) is 0 Å². The highest BCUT2D eigenvalue weighted by Crippen LogP contribution is 2.22. The molecule has 0 radical (unpaired) electrons. The smallest absolute Gasteiger partial charge is 0.193 e. The largest absolute Gasteiger partial charge is 0.399 e. The Hall–Kier alpha value is -2.68. The lowest BCUT2D eigenvalue weighted by Crippen LogP contribution is -2.04. The third kappa shape index (κ3) is 2.14. The molecule has 2 nitrogen and oxygen atoms in total. The Morgan fingerprint density at radius 2 is 1.70 bits per heavy atom. The molecule has 0 aliphatic heterocycles. The Balaban J connectivity index is 2.17. The Kier molecular flexibility index (Phi) is 2.95. The van der Waals surface area contributed by atoms with Crippen LogP contribution < -0.4 is 5.73 Å². The molecule has 3 heteroatoms. The SMILES string of the molecule is Nc1cc(F)cc(C(=O)c2cccc3ccccc23)c1. The first-order valence-electron chi connectivity index (χ1n) is 6.24. The maximum absolute atomic E-state index is 13.4. The Labute approximate surface area is 115 Å². The summed E-state index contributed by atoms with van der Waals surface area (Å²) in [5.41, 5.74) is 6.65. The summed E-state index contributed by atoms with van der Waals surface area (Å²) >= 11 is 0. The summed E-state index contributed by atoms with van der Waals surface area (Å²) < 4.78 is 13.4. The Morgan fingerprint density at radius 1 is 0.950 bits per heavy atom. The van der Waals surface area contributed by atoms with E-state index in [-0.39, 0.29) is 17.0 Å². The first kappa shape index (κ1) is 12.4. The zero-order valence-corrected chi connectivity index (χ0v) is 10.6. The maximum atomic E-state index is 13.4. The van der Waals surface area contributed by atoms with E-state index in [0.29, 0.717) is 5.56 Å². The standard InChI is InChI=1S/C17H12FNO/c18-13-8-12(9-14(19)10-13)17(20)16-7-3-5-11-4-1-2-6-15(11)16/h1-10H,19H2. The summed E-state index contributed by atoms with van der Waals surface area (Å²) in [6.45, 7) is 0. The van der Waals surface area contributed by atoms with Crippen molar-refractivity contribution >= 4 is 22.2 Å². The van der Waals surface area contributed by atoms with Crippen LogP contribution in [-0.2, 0) is 0 Å². The van der Waals surface area contributed by atoms with E-state index in [0.717, 1.165) is 10.8 Å². The van der Waals surface area contributed by atoms with Gasteiger partial charge in [0, 0.05) is 16.8 Å². The molecule has 0 atom stereocenters. The third-order valence-electron chi connectivity index (χ3n) is 3.22. The number of benzene rings is 3. The van der Waals surface area contributed by atoms with Crippen LogP contribution >= 0.6 is 0 Å². The number of anilines is 1. The van der Waals surface area contributed by atoms with E-state index >= 15 is 0 Å². The molecule has 0 bridgehead atoms. The molecule has 2 N–H and O–H groups in total. The van der Waals surface area contributed by atoms with Crippen molar-refractivity contribution < 1.29 is 9.18 Å².